The fourth-order valence-electron chi connectivity index (χ4n) is 2.62. The molecule has 0 spiro atoms. The molecule has 0 bridgehead atoms. The Morgan fingerprint density at radius 2 is 2.22 bits per heavy atom. The predicted octanol–water partition coefficient (Wildman–Crippen LogP) is 2.09. The molecule has 3 rings (SSSR count). The minimum atomic E-state index is -0.970. The first kappa shape index (κ1) is 15.1. The number of benzene rings is 1. The van der Waals surface area contributed by atoms with Crippen molar-refractivity contribution in [2.45, 2.75) is 12.3 Å². The molecular formula is C15H13ClN4O3. The van der Waals surface area contributed by atoms with Crippen molar-refractivity contribution in [1.82, 2.24) is 15.0 Å². The van der Waals surface area contributed by atoms with E-state index in [9.17, 15) is 14.7 Å². The van der Waals surface area contributed by atoms with Gasteiger partial charge in [-0.15, -0.1) is 0 Å². The lowest BCUT2D eigenvalue weighted by Crippen LogP contribution is -2.12. The maximum absolute atomic E-state index is 11.9. The minimum Gasteiger partial charge on any atom is -0.481 e. The summed E-state index contributed by atoms with van der Waals surface area (Å²) in [5.41, 5.74) is 7.12. The van der Waals surface area contributed by atoms with Gasteiger partial charge in [0.2, 0.25) is 5.95 Å². The summed E-state index contributed by atoms with van der Waals surface area (Å²) in [7, 11) is 0. The van der Waals surface area contributed by atoms with Crippen molar-refractivity contribution >= 4 is 34.6 Å². The fraction of sp³-hybridized carbons (Fsp3) is 0.133. The maximum Gasteiger partial charge on any atom is 0.304 e. The molecule has 0 saturated heterocycles. The van der Waals surface area contributed by atoms with Crippen LogP contribution in [0.4, 0.5) is 5.95 Å². The number of fused-ring (bicyclic) bond motifs is 1. The molecule has 0 aliphatic heterocycles. The number of H-pyrrole nitrogens is 2. The third-order valence-corrected chi connectivity index (χ3v) is 3.82. The number of aliphatic carboxylic acids is 1. The summed E-state index contributed by atoms with van der Waals surface area (Å²) in [6.45, 7) is 0. The van der Waals surface area contributed by atoms with E-state index in [4.69, 9.17) is 17.3 Å². The summed E-state index contributed by atoms with van der Waals surface area (Å²) < 4.78 is 0. The highest BCUT2D eigenvalue weighted by molar-refractivity contribution is 6.30. The Balaban J connectivity index is 2.21. The van der Waals surface area contributed by atoms with Gasteiger partial charge in [-0.2, -0.15) is 0 Å². The number of aromatic amines is 2. The molecule has 2 aromatic heterocycles. The van der Waals surface area contributed by atoms with E-state index in [1.807, 2.05) is 0 Å². The van der Waals surface area contributed by atoms with Crippen molar-refractivity contribution in [2.75, 3.05) is 5.73 Å². The second-order valence-corrected chi connectivity index (χ2v) is 5.56. The van der Waals surface area contributed by atoms with Crippen LogP contribution in [0, 0.1) is 0 Å². The van der Waals surface area contributed by atoms with Gasteiger partial charge in [0.05, 0.1) is 6.42 Å². The number of nitrogens with two attached hydrogens (primary N) is 1. The lowest BCUT2D eigenvalue weighted by Gasteiger charge is -2.15. The predicted molar refractivity (Wildman–Crippen MR) is 86.7 cm³/mol. The van der Waals surface area contributed by atoms with Gasteiger partial charge >= 0.3 is 5.97 Å². The zero-order chi connectivity index (χ0) is 16.6. The van der Waals surface area contributed by atoms with E-state index in [2.05, 4.69) is 15.0 Å². The first-order chi connectivity index (χ1) is 11.0. The molecule has 0 radical (unpaired) electrons. The molecule has 3 aromatic rings. The highest BCUT2D eigenvalue weighted by Gasteiger charge is 2.23. The molecule has 1 unspecified atom stereocenters. The van der Waals surface area contributed by atoms with Crippen LogP contribution in [0.1, 0.15) is 23.5 Å². The lowest BCUT2D eigenvalue weighted by atomic mass is 9.89. The molecule has 5 N–H and O–H groups in total. The molecule has 0 amide bonds. The van der Waals surface area contributed by atoms with Crippen LogP contribution >= 0.6 is 11.6 Å². The molecule has 0 saturated carbocycles. The van der Waals surface area contributed by atoms with E-state index in [0.29, 0.717) is 16.1 Å². The number of rotatable bonds is 4. The molecule has 0 fully saturated rings. The first-order valence-corrected chi connectivity index (χ1v) is 7.17. The third-order valence-electron chi connectivity index (χ3n) is 3.59. The Labute approximate surface area is 135 Å². The SMILES string of the molecule is Nc1nc2c(C(CC(=O)O)c3cccc(Cl)c3)c[nH]c2c(=O)[nH]1. The van der Waals surface area contributed by atoms with Crippen LogP contribution < -0.4 is 11.3 Å². The second-order valence-electron chi connectivity index (χ2n) is 5.12. The number of hydrogen-bond acceptors (Lipinski definition) is 4. The van der Waals surface area contributed by atoms with Crippen molar-refractivity contribution in [3.63, 3.8) is 0 Å². The highest BCUT2D eigenvalue weighted by atomic mass is 35.5. The number of nitrogen functional groups attached to an aromatic ring is 1. The average molecular weight is 333 g/mol. The molecule has 0 aliphatic carbocycles. The molecule has 8 heteroatoms. The van der Waals surface area contributed by atoms with Crippen molar-refractivity contribution in [3.8, 4) is 0 Å². The van der Waals surface area contributed by atoms with Crippen molar-refractivity contribution in [3.05, 3.63) is 57.0 Å². The van der Waals surface area contributed by atoms with Crippen molar-refractivity contribution in [2.24, 2.45) is 0 Å². The smallest absolute Gasteiger partial charge is 0.304 e. The summed E-state index contributed by atoms with van der Waals surface area (Å²) >= 11 is 6.01. The summed E-state index contributed by atoms with van der Waals surface area (Å²) in [5, 5.41) is 9.74. The van der Waals surface area contributed by atoms with Crippen LogP contribution in [-0.4, -0.2) is 26.0 Å². The van der Waals surface area contributed by atoms with Gasteiger partial charge in [-0.1, -0.05) is 23.7 Å². The Morgan fingerprint density at radius 1 is 1.43 bits per heavy atom. The van der Waals surface area contributed by atoms with Gasteiger partial charge in [0, 0.05) is 22.7 Å². The van der Waals surface area contributed by atoms with E-state index in [0.717, 1.165) is 5.56 Å². The third kappa shape index (κ3) is 2.91. The number of carboxylic acid groups (broad SMARTS) is 1. The largest absolute Gasteiger partial charge is 0.481 e. The first-order valence-electron chi connectivity index (χ1n) is 6.79. The number of carboxylic acids is 1. The monoisotopic (exact) mass is 332 g/mol. The minimum absolute atomic E-state index is 0.0245. The van der Waals surface area contributed by atoms with Crippen LogP contribution in [0.2, 0.25) is 5.02 Å². The molecular weight excluding hydrogens is 320 g/mol. The Morgan fingerprint density at radius 3 is 2.91 bits per heavy atom. The molecule has 0 aliphatic rings. The van der Waals surface area contributed by atoms with E-state index in [-0.39, 0.29) is 17.9 Å². The topological polar surface area (TPSA) is 125 Å². The zero-order valence-electron chi connectivity index (χ0n) is 11.8. The van der Waals surface area contributed by atoms with Gasteiger partial charge in [0.1, 0.15) is 11.0 Å². The number of nitrogens with zero attached hydrogens (tertiary/aromatic N) is 1. The lowest BCUT2D eigenvalue weighted by molar-refractivity contribution is -0.137. The van der Waals surface area contributed by atoms with Crippen LogP contribution in [0.3, 0.4) is 0 Å². The van der Waals surface area contributed by atoms with E-state index in [1.165, 1.54) is 0 Å². The molecule has 118 valence electrons. The van der Waals surface area contributed by atoms with Gasteiger partial charge in [0.15, 0.2) is 0 Å². The number of hydrogen-bond donors (Lipinski definition) is 4. The number of carbonyl (C=O) groups is 1. The molecule has 7 nitrogen and oxygen atoms in total. The molecule has 23 heavy (non-hydrogen) atoms. The standard InChI is InChI=1S/C15H13ClN4O3/c16-8-3-1-2-7(4-8)9(5-11(21)22)10-6-18-13-12(10)19-15(17)20-14(13)23/h1-4,6,9,18H,5H2,(H,21,22)(H3,17,19,20,23). The van der Waals surface area contributed by atoms with Crippen LogP contribution in [0.15, 0.2) is 35.3 Å². The maximum atomic E-state index is 11.9. The quantitative estimate of drug-likeness (QED) is 0.582. The summed E-state index contributed by atoms with van der Waals surface area (Å²) in [6, 6.07) is 6.94. The molecule has 1 aromatic carbocycles. The van der Waals surface area contributed by atoms with E-state index in [1.54, 1.807) is 30.5 Å². The summed E-state index contributed by atoms with van der Waals surface area (Å²) in [4.78, 5) is 32.6. The fourth-order valence-corrected chi connectivity index (χ4v) is 2.82. The Hall–Kier alpha value is -2.80. The zero-order valence-corrected chi connectivity index (χ0v) is 12.6. The number of aromatic nitrogens is 3. The van der Waals surface area contributed by atoms with Crippen molar-refractivity contribution in [1.29, 1.82) is 0 Å². The average Bonchev–Trinajstić information content (AvgIpc) is 2.88. The molecule has 2 heterocycles. The van der Waals surface area contributed by atoms with Crippen LogP contribution in [-0.2, 0) is 4.79 Å². The number of anilines is 1. The van der Waals surface area contributed by atoms with Gasteiger partial charge in [-0.25, -0.2) is 4.98 Å². The van der Waals surface area contributed by atoms with Gasteiger partial charge < -0.3 is 15.8 Å². The van der Waals surface area contributed by atoms with Crippen LogP contribution in [0.25, 0.3) is 11.0 Å². The number of nitrogens with one attached hydrogen (secondary N) is 2. The van der Waals surface area contributed by atoms with Gasteiger partial charge in [-0.3, -0.25) is 14.6 Å². The highest BCUT2D eigenvalue weighted by Crippen LogP contribution is 2.33. The second kappa shape index (κ2) is 5.77. The van der Waals surface area contributed by atoms with Crippen LogP contribution in [0.5, 0.6) is 0 Å². The van der Waals surface area contributed by atoms with Gasteiger partial charge in [0.25, 0.3) is 5.56 Å². The van der Waals surface area contributed by atoms with E-state index >= 15 is 0 Å². The van der Waals surface area contributed by atoms with Gasteiger partial charge in [-0.05, 0) is 17.7 Å². The molecule has 1 atom stereocenters. The summed E-state index contributed by atoms with van der Waals surface area (Å²) in [5.74, 6) is -1.50. The number of halogens is 1. The summed E-state index contributed by atoms with van der Waals surface area (Å²) in [6.07, 6.45) is 1.42. The van der Waals surface area contributed by atoms with E-state index < -0.39 is 17.4 Å². The normalized spacial score (nSPS) is 12.4. The Kier molecular flexibility index (Phi) is 3.79. The Bertz CT molecular complexity index is 947. The van der Waals surface area contributed by atoms with Crippen molar-refractivity contribution < 1.29 is 9.90 Å².